The summed E-state index contributed by atoms with van der Waals surface area (Å²) in [6.45, 7) is 0. The number of halogens is 1. The SMILES string of the molecule is CNC(c1ncn[nH]1)c1occc1Br. The predicted molar refractivity (Wildman–Crippen MR) is 53.7 cm³/mol. The Bertz CT molecular complexity index is 397. The van der Waals surface area contributed by atoms with Gasteiger partial charge in [-0.2, -0.15) is 5.10 Å². The van der Waals surface area contributed by atoms with E-state index in [4.69, 9.17) is 4.42 Å². The average Bonchev–Trinajstić information content (AvgIpc) is 2.80. The molecule has 0 aromatic carbocycles. The van der Waals surface area contributed by atoms with Crippen molar-refractivity contribution in [2.75, 3.05) is 7.05 Å². The summed E-state index contributed by atoms with van der Waals surface area (Å²) >= 11 is 3.40. The molecule has 2 N–H and O–H groups in total. The van der Waals surface area contributed by atoms with E-state index >= 15 is 0 Å². The molecular formula is C8H9BrN4O. The number of aromatic nitrogens is 3. The Hall–Kier alpha value is -1.14. The summed E-state index contributed by atoms with van der Waals surface area (Å²) in [5.41, 5.74) is 0. The minimum atomic E-state index is -0.109. The molecule has 0 saturated heterocycles. The smallest absolute Gasteiger partial charge is 0.149 e. The lowest BCUT2D eigenvalue weighted by Gasteiger charge is -2.10. The van der Waals surface area contributed by atoms with Gasteiger partial charge in [0.05, 0.1) is 10.7 Å². The van der Waals surface area contributed by atoms with E-state index in [1.54, 1.807) is 6.26 Å². The van der Waals surface area contributed by atoms with Crippen molar-refractivity contribution in [1.29, 1.82) is 0 Å². The Labute approximate surface area is 89.0 Å². The maximum Gasteiger partial charge on any atom is 0.149 e. The fourth-order valence-corrected chi connectivity index (χ4v) is 1.69. The average molecular weight is 257 g/mol. The summed E-state index contributed by atoms with van der Waals surface area (Å²) in [6.07, 6.45) is 3.09. The van der Waals surface area contributed by atoms with Crippen LogP contribution in [0.2, 0.25) is 0 Å². The molecule has 2 aromatic heterocycles. The molecule has 0 saturated carbocycles. The largest absolute Gasteiger partial charge is 0.466 e. The summed E-state index contributed by atoms with van der Waals surface area (Å²) in [6, 6.07) is 1.73. The molecule has 5 nitrogen and oxygen atoms in total. The Balaban J connectivity index is 2.36. The van der Waals surface area contributed by atoms with Gasteiger partial charge in [-0.25, -0.2) is 4.98 Å². The zero-order valence-corrected chi connectivity index (χ0v) is 9.08. The Morgan fingerprint density at radius 3 is 3.00 bits per heavy atom. The highest BCUT2D eigenvalue weighted by Crippen LogP contribution is 2.27. The fourth-order valence-electron chi connectivity index (χ4n) is 1.26. The number of aromatic amines is 1. The number of furan rings is 1. The molecule has 2 aromatic rings. The molecule has 0 amide bonds. The summed E-state index contributed by atoms with van der Waals surface area (Å²) in [5, 5.41) is 9.69. The molecule has 1 atom stereocenters. The molecular weight excluding hydrogens is 248 g/mol. The van der Waals surface area contributed by atoms with Crippen molar-refractivity contribution in [3.63, 3.8) is 0 Å². The van der Waals surface area contributed by atoms with Crippen LogP contribution in [0.25, 0.3) is 0 Å². The minimum Gasteiger partial charge on any atom is -0.466 e. The van der Waals surface area contributed by atoms with E-state index in [0.717, 1.165) is 16.1 Å². The van der Waals surface area contributed by atoms with Crippen LogP contribution in [0.3, 0.4) is 0 Å². The van der Waals surface area contributed by atoms with Crippen LogP contribution >= 0.6 is 15.9 Å². The van der Waals surface area contributed by atoms with Gasteiger partial charge in [-0.1, -0.05) is 0 Å². The monoisotopic (exact) mass is 256 g/mol. The second-order valence-corrected chi connectivity index (χ2v) is 3.58. The van der Waals surface area contributed by atoms with Gasteiger partial charge >= 0.3 is 0 Å². The molecule has 14 heavy (non-hydrogen) atoms. The minimum absolute atomic E-state index is 0.109. The molecule has 2 rings (SSSR count). The third-order valence-corrected chi connectivity index (χ3v) is 2.56. The van der Waals surface area contributed by atoms with Crippen molar-refractivity contribution in [3.05, 3.63) is 34.7 Å². The molecule has 6 heteroatoms. The van der Waals surface area contributed by atoms with Crippen LogP contribution in [0, 0.1) is 0 Å². The van der Waals surface area contributed by atoms with E-state index in [9.17, 15) is 0 Å². The van der Waals surface area contributed by atoms with Crippen LogP contribution in [0.1, 0.15) is 17.6 Å². The van der Waals surface area contributed by atoms with Gasteiger partial charge in [0.15, 0.2) is 0 Å². The number of hydrogen-bond acceptors (Lipinski definition) is 4. The maximum atomic E-state index is 5.34. The van der Waals surface area contributed by atoms with E-state index in [-0.39, 0.29) is 6.04 Å². The molecule has 0 bridgehead atoms. The summed E-state index contributed by atoms with van der Waals surface area (Å²) < 4.78 is 6.25. The van der Waals surface area contributed by atoms with Gasteiger partial charge in [-0.3, -0.25) is 5.10 Å². The third kappa shape index (κ3) is 1.58. The molecule has 0 aliphatic heterocycles. The zero-order valence-electron chi connectivity index (χ0n) is 7.49. The number of hydrogen-bond donors (Lipinski definition) is 2. The third-order valence-electron chi connectivity index (χ3n) is 1.90. The van der Waals surface area contributed by atoms with Crippen molar-refractivity contribution in [3.8, 4) is 0 Å². The van der Waals surface area contributed by atoms with Crippen LogP contribution in [0.4, 0.5) is 0 Å². The number of nitrogens with one attached hydrogen (secondary N) is 2. The summed E-state index contributed by atoms with van der Waals surface area (Å²) in [7, 11) is 1.84. The van der Waals surface area contributed by atoms with Gasteiger partial charge in [0.25, 0.3) is 0 Å². The normalized spacial score (nSPS) is 13.0. The van der Waals surface area contributed by atoms with Gasteiger partial charge in [-0.15, -0.1) is 0 Å². The van der Waals surface area contributed by atoms with Crippen molar-refractivity contribution in [1.82, 2.24) is 20.5 Å². The number of H-pyrrole nitrogens is 1. The van der Waals surface area contributed by atoms with E-state index in [2.05, 4.69) is 36.4 Å². The maximum absolute atomic E-state index is 5.34. The fraction of sp³-hybridized carbons (Fsp3) is 0.250. The van der Waals surface area contributed by atoms with E-state index in [1.807, 2.05) is 13.1 Å². The first-order valence-electron chi connectivity index (χ1n) is 4.08. The van der Waals surface area contributed by atoms with E-state index in [0.29, 0.717) is 0 Å². The standard InChI is InChI=1S/C8H9BrN4O/c1-10-6(8-11-4-12-13-8)7-5(9)2-3-14-7/h2-4,6,10H,1H3,(H,11,12,13). The second-order valence-electron chi connectivity index (χ2n) is 2.73. The van der Waals surface area contributed by atoms with Crippen molar-refractivity contribution < 1.29 is 4.42 Å². The van der Waals surface area contributed by atoms with Crippen molar-refractivity contribution >= 4 is 15.9 Å². The van der Waals surface area contributed by atoms with Gasteiger partial charge in [-0.05, 0) is 29.0 Å². The lowest BCUT2D eigenvalue weighted by molar-refractivity contribution is 0.451. The van der Waals surface area contributed by atoms with Crippen molar-refractivity contribution in [2.24, 2.45) is 0 Å². The molecule has 0 radical (unpaired) electrons. The highest BCUT2D eigenvalue weighted by molar-refractivity contribution is 9.10. The molecule has 0 spiro atoms. The molecule has 1 unspecified atom stereocenters. The number of nitrogens with zero attached hydrogens (tertiary/aromatic N) is 2. The van der Waals surface area contributed by atoms with E-state index in [1.165, 1.54) is 6.33 Å². The summed E-state index contributed by atoms with van der Waals surface area (Å²) in [4.78, 5) is 4.07. The second kappa shape index (κ2) is 3.93. The predicted octanol–water partition coefficient (Wildman–Crippen LogP) is 1.47. The molecule has 74 valence electrons. The van der Waals surface area contributed by atoms with Crippen LogP contribution in [-0.2, 0) is 0 Å². The lowest BCUT2D eigenvalue weighted by atomic mass is 10.2. The van der Waals surface area contributed by atoms with E-state index < -0.39 is 0 Å². The van der Waals surface area contributed by atoms with Crippen LogP contribution in [0.15, 0.2) is 27.5 Å². The van der Waals surface area contributed by atoms with Crippen LogP contribution < -0.4 is 5.32 Å². The Morgan fingerprint density at radius 1 is 1.64 bits per heavy atom. The van der Waals surface area contributed by atoms with Gasteiger partial charge in [0.2, 0.25) is 0 Å². The summed E-state index contributed by atoms with van der Waals surface area (Å²) in [5.74, 6) is 1.51. The highest BCUT2D eigenvalue weighted by atomic mass is 79.9. The molecule has 0 fully saturated rings. The highest BCUT2D eigenvalue weighted by Gasteiger charge is 2.20. The molecule has 2 heterocycles. The number of rotatable bonds is 3. The zero-order chi connectivity index (χ0) is 9.97. The topological polar surface area (TPSA) is 66.7 Å². The molecule has 0 aliphatic rings. The lowest BCUT2D eigenvalue weighted by Crippen LogP contribution is -2.18. The first kappa shape index (κ1) is 9.42. The Kier molecular flexibility index (Phi) is 2.64. The Morgan fingerprint density at radius 2 is 2.50 bits per heavy atom. The first-order chi connectivity index (χ1) is 6.83. The first-order valence-corrected chi connectivity index (χ1v) is 4.87. The van der Waals surface area contributed by atoms with Gasteiger partial charge in [0, 0.05) is 0 Å². The van der Waals surface area contributed by atoms with Gasteiger partial charge in [0.1, 0.15) is 24.0 Å². The quantitative estimate of drug-likeness (QED) is 0.873. The van der Waals surface area contributed by atoms with Crippen molar-refractivity contribution in [2.45, 2.75) is 6.04 Å². The van der Waals surface area contributed by atoms with Crippen LogP contribution in [0.5, 0.6) is 0 Å². The van der Waals surface area contributed by atoms with Gasteiger partial charge < -0.3 is 9.73 Å². The van der Waals surface area contributed by atoms with Crippen LogP contribution in [-0.4, -0.2) is 22.2 Å². The molecule has 0 aliphatic carbocycles.